The Labute approximate surface area is 85.9 Å². The van der Waals surface area contributed by atoms with Gasteiger partial charge in [-0.15, -0.1) is 4.73 Å². The summed E-state index contributed by atoms with van der Waals surface area (Å²) in [5.41, 5.74) is 0.567. The van der Waals surface area contributed by atoms with Gasteiger partial charge in [-0.3, -0.25) is 4.79 Å². The summed E-state index contributed by atoms with van der Waals surface area (Å²) in [4.78, 5) is 28.2. The lowest BCUT2D eigenvalue weighted by Gasteiger charge is -2.07. The van der Waals surface area contributed by atoms with Crippen molar-refractivity contribution < 1.29 is 4.84 Å². The van der Waals surface area contributed by atoms with Crippen LogP contribution in [0.15, 0.2) is 4.79 Å². The van der Waals surface area contributed by atoms with E-state index in [-0.39, 0.29) is 5.56 Å². The molecule has 0 fully saturated rings. The highest BCUT2D eigenvalue weighted by atomic mass is 16.7. The van der Waals surface area contributed by atoms with E-state index in [0.29, 0.717) is 29.4 Å². The number of hydrogen-bond acceptors (Lipinski definition) is 4. The lowest BCUT2D eigenvalue weighted by molar-refractivity contribution is 0.106. The average Bonchev–Trinajstić information content (AvgIpc) is 2.53. The molecule has 2 heterocycles. The zero-order valence-corrected chi connectivity index (χ0v) is 8.87. The van der Waals surface area contributed by atoms with Crippen LogP contribution in [0.4, 0.5) is 0 Å². The first-order valence-corrected chi connectivity index (χ1v) is 4.72. The fraction of sp³-hybridized carbons (Fsp3) is 0.444. The Bertz CT molecular complexity index is 555. The molecule has 0 aliphatic heterocycles. The lowest BCUT2D eigenvalue weighted by atomic mass is 10.5. The van der Waals surface area contributed by atoms with Gasteiger partial charge in [0.15, 0.2) is 11.2 Å². The van der Waals surface area contributed by atoms with Gasteiger partial charge in [0.2, 0.25) is 0 Å². The molecule has 0 amide bonds. The first-order chi connectivity index (χ1) is 7.13. The second-order valence-electron chi connectivity index (χ2n) is 3.20. The van der Waals surface area contributed by atoms with Crippen molar-refractivity contribution in [1.29, 1.82) is 0 Å². The van der Waals surface area contributed by atoms with Crippen molar-refractivity contribution in [3.05, 3.63) is 22.0 Å². The van der Waals surface area contributed by atoms with Gasteiger partial charge in [-0.1, -0.05) is 0 Å². The number of fused-ring (bicyclic) bond motifs is 1. The molecule has 0 unspecified atom stereocenters. The van der Waals surface area contributed by atoms with Crippen LogP contribution in [0.2, 0.25) is 0 Å². The number of aromatic amines is 1. The van der Waals surface area contributed by atoms with Crippen molar-refractivity contribution in [2.24, 2.45) is 0 Å². The van der Waals surface area contributed by atoms with Crippen molar-refractivity contribution in [2.75, 3.05) is 6.61 Å². The summed E-state index contributed by atoms with van der Waals surface area (Å²) in [5.74, 6) is 1.17. The number of rotatable bonds is 2. The van der Waals surface area contributed by atoms with Crippen molar-refractivity contribution in [3.8, 4) is 0 Å². The molecule has 15 heavy (non-hydrogen) atoms. The lowest BCUT2D eigenvalue weighted by Crippen LogP contribution is -2.30. The van der Waals surface area contributed by atoms with E-state index in [1.165, 1.54) is 4.73 Å². The van der Waals surface area contributed by atoms with Gasteiger partial charge >= 0.3 is 5.56 Å². The number of imidazole rings is 1. The molecule has 0 aliphatic rings. The van der Waals surface area contributed by atoms with E-state index in [0.717, 1.165) is 0 Å². The Morgan fingerprint density at radius 3 is 2.80 bits per heavy atom. The first-order valence-electron chi connectivity index (χ1n) is 4.72. The van der Waals surface area contributed by atoms with E-state index in [1.807, 2.05) is 6.92 Å². The van der Waals surface area contributed by atoms with Crippen LogP contribution in [0, 0.1) is 13.8 Å². The van der Waals surface area contributed by atoms with Crippen LogP contribution in [0.3, 0.4) is 0 Å². The van der Waals surface area contributed by atoms with Crippen molar-refractivity contribution >= 4 is 11.2 Å². The van der Waals surface area contributed by atoms with E-state index in [4.69, 9.17) is 4.84 Å². The van der Waals surface area contributed by atoms with Crippen molar-refractivity contribution in [3.63, 3.8) is 0 Å². The molecule has 80 valence electrons. The summed E-state index contributed by atoms with van der Waals surface area (Å²) in [6, 6.07) is 0. The normalized spacial score (nSPS) is 10.9. The number of H-pyrrole nitrogens is 1. The largest absolute Gasteiger partial charge is 0.409 e. The van der Waals surface area contributed by atoms with Gasteiger partial charge in [0.05, 0.1) is 0 Å². The Hall–Kier alpha value is -1.85. The Morgan fingerprint density at radius 1 is 1.40 bits per heavy atom. The second kappa shape index (κ2) is 3.38. The molecule has 0 bridgehead atoms. The quantitative estimate of drug-likeness (QED) is 0.764. The molecule has 2 aromatic rings. The maximum absolute atomic E-state index is 11.9. The highest BCUT2D eigenvalue weighted by molar-refractivity contribution is 5.69. The minimum atomic E-state index is -0.250. The molecular formula is C9H12N4O2. The molecule has 0 radical (unpaired) electrons. The number of nitrogens with zero attached hydrogens (tertiary/aromatic N) is 3. The van der Waals surface area contributed by atoms with Gasteiger partial charge in [-0.05, 0) is 20.8 Å². The maximum Gasteiger partial charge on any atom is 0.312 e. The van der Waals surface area contributed by atoms with E-state index >= 15 is 0 Å². The molecule has 0 atom stereocenters. The maximum atomic E-state index is 11.9. The molecule has 2 aromatic heterocycles. The van der Waals surface area contributed by atoms with Crippen LogP contribution in [-0.4, -0.2) is 26.3 Å². The molecule has 0 spiro atoms. The molecule has 0 aliphatic carbocycles. The zero-order chi connectivity index (χ0) is 11.0. The SMILES string of the molecule is CCOn1c(C)nc2nc(C)[nH]c2c1=O. The molecular weight excluding hydrogens is 196 g/mol. The van der Waals surface area contributed by atoms with Crippen LogP contribution < -0.4 is 10.4 Å². The minimum Gasteiger partial charge on any atom is -0.409 e. The van der Waals surface area contributed by atoms with Gasteiger partial charge in [0, 0.05) is 0 Å². The molecule has 0 saturated heterocycles. The molecule has 1 N–H and O–H groups in total. The van der Waals surface area contributed by atoms with Gasteiger partial charge in [-0.2, -0.15) is 0 Å². The van der Waals surface area contributed by atoms with Gasteiger partial charge in [0.1, 0.15) is 18.3 Å². The van der Waals surface area contributed by atoms with Crippen LogP contribution in [0.1, 0.15) is 18.6 Å². The van der Waals surface area contributed by atoms with Crippen LogP contribution in [0.25, 0.3) is 11.2 Å². The number of nitrogens with one attached hydrogen (secondary N) is 1. The summed E-state index contributed by atoms with van der Waals surface area (Å²) in [6.07, 6.45) is 0. The topological polar surface area (TPSA) is 72.8 Å². The zero-order valence-electron chi connectivity index (χ0n) is 8.87. The number of aryl methyl sites for hydroxylation is 2. The third-order valence-corrected chi connectivity index (χ3v) is 2.02. The van der Waals surface area contributed by atoms with Gasteiger partial charge < -0.3 is 9.82 Å². The Kier molecular flexibility index (Phi) is 2.18. The average molecular weight is 208 g/mol. The van der Waals surface area contributed by atoms with Gasteiger partial charge in [0.25, 0.3) is 0 Å². The van der Waals surface area contributed by atoms with Crippen molar-refractivity contribution in [1.82, 2.24) is 19.7 Å². The van der Waals surface area contributed by atoms with Crippen molar-refractivity contribution in [2.45, 2.75) is 20.8 Å². The number of hydrogen-bond donors (Lipinski definition) is 1. The highest BCUT2D eigenvalue weighted by Crippen LogP contribution is 2.03. The summed E-state index contributed by atoms with van der Waals surface area (Å²) < 4.78 is 1.18. The standard InChI is InChI=1S/C9H12N4O2/c1-4-15-13-6(3)12-8-7(9(13)14)10-5(2)11-8/h4H2,1-3H3,(H,10,11). The highest BCUT2D eigenvalue weighted by Gasteiger charge is 2.11. The monoisotopic (exact) mass is 208 g/mol. The predicted octanol–water partition coefficient (Wildman–Crippen LogP) is 0.185. The Morgan fingerprint density at radius 2 is 2.13 bits per heavy atom. The number of aromatic nitrogens is 4. The van der Waals surface area contributed by atoms with E-state index < -0.39 is 0 Å². The van der Waals surface area contributed by atoms with Gasteiger partial charge in [-0.25, -0.2) is 9.97 Å². The summed E-state index contributed by atoms with van der Waals surface area (Å²) in [5, 5.41) is 0. The summed E-state index contributed by atoms with van der Waals surface area (Å²) in [7, 11) is 0. The molecule has 0 saturated carbocycles. The van der Waals surface area contributed by atoms with E-state index in [2.05, 4.69) is 15.0 Å². The smallest absolute Gasteiger partial charge is 0.312 e. The molecule has 6 nitrogen and oxygen atoms in total. The third-order valence-electron chi connectivity index (χ3n) is 2.02. The fourth-order valence-electron chi connectivity index (χ4n) is 1.44. The molecule has 2 rings (SSSR count). The van der Waals surface area contributed by atoms with Crippen LogP contribution in [0.5, 0.6) is 0 Å². The summed E-state index contributed by atoms with van der Waals surface area (Å²) >= 11 is 0. The molecule has 0 aromatic carbocycles. The Balaban J connectivity index is 2.77. The first kappa shape index (κ1) is 9.70. The van der Waals surface area contributed by atoms with Crippen LogP contribution in [-0.2, 0) is 0 Å². The minimum absolute atomic E-state index is 0.250. The fourth-order valence-corrected chi connectivity index (χ4v) is 1.44. The summed E-state index contributed by atoms with van der Waals surface area (Å²) in [6.45, 7) is 5.72. The predicted molar refractivity (Wildman–Crippen MR) is 54.7 cm³/mol. The van der Waals surface area contributed by atoms with E-state index in [1.54, 1.807) is 13.8 Å². The third kappa shape index (κ3) is 1.47. The van der Waals surface area contributed by atoms with Crippen LogP contribution >= 0.6 is 0 Å². The second-order valence-corrected chi connectivity index (χ2v) is 3.20. The van der Waals surface area contributed by atoms with E-state index in [9.17, 15) is 4.79 Å². The molecule has 6 heteroatoms.